The molecule has 2 aromatic rings. The fourth-order valence-corrected chi connectivity index (χ4v) is 3.49. The van der Waals surface area contributed by atoms with E-state index in [1.807, 2.05) is 6.07 Å². The molecule has 2 aromatic carbocycles. The van der Waals surface area contributed by atoms with E-state index in [2.05, 4.69) is 54.7 Å². The topological polar surface area (TPSA) is 32.3 Å². The van der Waals surface area contributed by atoms with E-state index in [0.29, 0.717) is 12.0 Å². The molecular formula is C20H25NO. The van der Waals surface area contributed by atoms with Crippen LogP contribution in [0.15, 0.2) is 48.5 Å². The first-order valence-electron chi connectivity index (χ1n) is 8.26. The molecule has 0 saturated carbocycles. The van der Waals surface area contributed by atoms with Crippen molar-refractivity contribution in [1.82, 2.24) is 5.32 Å². The first kappa shape index (κ1) is 15.3. The normalized spacial score (nSPS) is 18.2. The van der Waals surface area contributed by atoms with Crippen LogP contribution in [-0.4, -0.2) is 18.3 Å². The largest absolute Gasteiger partial charge is 0.396 e. The summed E-state index contributed by atoms with van der Waals surface area (Å²) in [6.45, 7) is 3.32. The van der Waals surface area contributed by atoms with Crippen molar-refractivity contribution in [2.24, 2.45) is 0 Å². The second-order valence-electron chi connectivity index (χ2n) is 6.32. The number of hydrogen-bond donors (Lipinski definition) is 2. The fraction of sp³-hybridized carbons (Fsp3) is 0.400. The SMILES string of the molecule is Cc1ccc2c(c1)C(NCC(CCO)c1ccccc1)CC2. The van der Waals surface area contributed by atoms with Gasteiger partial charge in [-0.25, -0.2) is 0 Å². The first-order valence-corrected chi connectivity index (χ1v) is 8.26. The maximum absolute atomic E-state index is 9.36. The molecule has 3 rings (SSSR count). The number of benzene rings is 2. The number of aliphatic hydroxyl groups is 1. The van der Waals surface area contributed by atoms with Crippen molar-refractivity contribution in [3.05, 3.63) is 70.8 Å². The molecule has 0 amide bonds. The van der Waals surface area contributed by atoms with Crippen LogP contribution in [0.4, 0.5) is 0 Å². The third kappa shape index (κ3) is 3.40. The predicted molar refractivity (Wildman–Crippen MR) is 91.1 cm³/mol. The molecule has 2 N–H and O–H groups in total. The second-order valence-corrected chi connectivity index (χ2v) is 6.32. The summed E-state index contributed by atoms with van der Waals surface area (Å²) in [7, 11) is 0. The van der Waals surface area contributed by atoms with Crippen LogP contribution in [0, 0.1) is 6.92 Å². The standard InChI is InChI=1S/C20H25NO/c1-15-7-8-17-9-10-20(19(17)13-15)21-14-18(11-12-22)16-5-3-2-4-6-16/h2-8,13,18,20-22H,9-12,14H2,1H3. The van der Waals surface area contributed by atoms with Crippen LogP contribution >= 0.6 is 0 Å². The highest BCUT2D eigenvalue weighted by atomic mass is 16.3. The van der Waals surface area contributed by atoms with E-state index in [4.69, 9.17) is 0 Å². The van der Waals surface area contributed by atoms with E-state index in [0.717, 1.165) is 13.0 Å². The summed E-state index contributed by atoms with van der Waals surface area (Å²) in [5.41, 5.74) is 5.60. The summed E-state index contributed by atoms with van der Waals surface area (Å²) >= 11 is 0. The van der Waals surface area contributed by atoms with Gasteiger partial charge in [-0.1, -0.05) is 54.1 Å². The van der Waals surface area contributed by atoms with Gasteiger partial charge < -0.3 is 10.4 Å². The van der Waals surface area contributed by atoms with E-state index in [-0.39, 0.29) is 6.61 Å². The van der Waals surface area contributed by atoms with Gasteiger partial charge in [0, 0.05) is 19.2 Å². The van der Waals surface area contributed by atoms with Crippen molar-refractivity contribution in [3.8, 4) is 0 Å². The molecule has 0 aliphatic heterocycles. The third-order valence-corrected chi connectivity index (χ3v) is 4.74. The zero-order chi connectivity index (χ0) is 15.4. The van der Waals surface area contributed by atoms with Gasteiger partial charge in [0.05, 0.1) is 0 Å². The van der Waals surface area contributed by atoms with Crippen LogP contribution in [0.3, 0.4) is 0 Å². The minimum absolute atomic E-state index is 0.238. The molecule has 2 unspecified atom stereocenters. The van der Waals surface area contributed by atoms with Gasteiger partial charge in [-0.05, 0) is 48.8 Å². The number of aryl methyl sites for hydroxylation is 2. The van der Waals surface area contributed by atoms with Crippen LogP contribution < -0.4 is 5.32 Å². The maximum atomic E-state index is 9.36. The van der Waals surface area contributed by atoms with Gasteiger partial charge in [0.25, 0.3) is 0 Å². The number of rotatable bonds is 6. The van der Waals surface area contributed by atoms with Crippen LogP contribution in [0.1, 0.15) is 47.1 Å². The molecule has 0 heterocycles. The summed E-state index contributed by atoms with van der Waals surface area (Å²) in [6.07, 6.45) is 3.16. The summed E-state index contributed by atoms with van der Waals surface area (Å²) in [6, 6.07) is 17.8. The molecule has 2 nitrogen and oxygen atoms in total. The summed E-state index contributed by atoms with van der Waals surface area (Å²) in [5.74, 6) is 0.375. The van der Waals surface area contributed by atoms with Crippen molar-refractivity contribution in [1.29, 1.82) is 0 Å². The molecule has 0 spiro atoms. The van der Waals surface area contributed by atoms with Gasteiger partial charge in [0.2, 0.25) is 0 Å². The highest BCUT2D eigenvalue weighted by Gasteiger charge is 2.23. The van der Waals surface area contributed by atoms with Crippen LogP contribution in [-0.2, 0) is 6.42 Å². The lowest BCUT2D eigenvalue weighted by atomic mass is 9.95. The van der Waals surface area contributed by atoms with Gasteiger partial charge in [-0.3, -0.25) is 0 Å². The smallest absolute Gasteiger partial charge is 0.0437 e. The van der Waals surface area contributed by atoms with Crippen molar-refractivity contribution >= 4 is 0 Å². The molecule has 0 fully saturated rings. The first-order chi connectivity index (χ1) is 10.8. The summed E-state index contributed by atoms with van der Waals surface area (Å²) < 4.78 is 0. The Labute approximate surface area is 133 Å². The van der Waals surface area contributed by atoms with Crippen molar-refractivity contribution in [3.63, 3.8) is 0 Å². The molecule has 2 atom stereocenters. The molecule has 0 bridgehead atoms. The average molecular weight is 295 g/mol. The van der Waals surface area contributed by atoms with E-state index in [9.17, 15) is 5.11 Å². The molecule has 1 aliphatic rings. The van der Waals surface area contributed by atoms with Crippen LogP contribution in [0.25, 0.3) is 0 Å². The number of aliphatic hydroxyl groups excluding tert-OH is 1. The molecule has 0 saturated heterocycles. The molecule has 22 heavy (non-hydrogen) atoms. The number of hydrogen-bond acceptors (Lipinski definition) is 2. The zero-order valence-corrected chi connectivity index (χ0v) is 13.3. The van der Waals surface area contributed by atoms with E-state index < -0.39 is 0 Å². The Morgan fingerprint density at radius 1 is 1.18 bits per heavy atom. The van der Waals surface area contributed by atoms with Crippen molar-refractivity contribution in [2.45, 2.75) is 38.1 Å². The van der Waals surface area contributed by atoms with Crippen LogP contribution in [0.5, 0.6) is 0 Å². The number of fused-ring (bicyclic) bond motifs is 1. The summed E-state index contributed by atoms with van der Waals surface area (Å²) in [4.78, 5) is 0. The van der Waals surface area contributed by atoms with Gasteiger partial charge in [-0.15, -0.1) is 0 Å². The molecule has 116 valence electrons. The second kappa shape index (κ2) is 7.08. The quantitative estimate of drug-likeness (QED) is 0.851. The zero-order valence-electron chi connectivity index (χ0n) is 13.3. The summed E-state index contributed by atoms with van der Waals surface area (Å²) in [5, 5.41) is 13.1. The van der Waals surface area contributed by atoms with Gasteiger partial charge in [-0.2, -0.15) is 0 Å². The highest BCUT2D eigenvalue weighted by molar-refractivity contribution is 5.37. The molecule has 2 heteroatoms. The van der Waals surface area contributed by atoms with Gasteiger partial charge >= 0.3 is 0 Å². The predicted octanol–water partition coefficient (Wildman–Crippen LogP) is 3.74. The number of nitrogens with one attached hydrogen (secondary N) is 1. The van der Waals surface area contributed by atoms with E-state index in [1.165, 1.54) is 35.1 Å². The Kier molecular flexibility index (Phi) is 4.91. The highest BCUT2D eigenvalue weighted by Crippen LogP contribution is 2.32. The molecule has 0 aromatic heterocycles. The van der Waals surface area contributed by atoms with Gasteiger partial charge in [0.15, 0.2) is 0 Å². The maximum Gasteiger partial charge on any atom is 0.0437 e. The third-order valence-electron chi connectivity index (χ3n) is 4.74. The molecule has 1 aliphatic carbocycles. The van der Waals surface area contributed by atoms with E-state index >= 15 is 0 Å². The van der Waals surface area contributed by atoms with Crippen molar-refractivity contribution < 1.29 is 5.11 Å². The minimum Gasteiger partial charge on any atom is -0.396 e. The fourth-order valence-electron chi connectivity index (χ4n) is 3.49. The molecule has 0 radical (unpaired) electrons. The monoisotopic (exact) mass is 295 g/mol. The Bertz CT molecular complexity index is 608. The van der Waals surface area contributed by atoms with Crippen molar-refractivity contribution in [2.75, 3.05) is 13.2 Å². The average Bonchev–Trinajstić information content (AvgIpc) is 2.94. The molecular weight excluding hydrogens is 270 g/mol. The Morgan fingerprint density at radius 2 is 2.00 bits per heavy atom. The van der Waals surface area contributed by atoms with E-state index in [1.54, 1.807) is 0 Å². The Hall–Kier alpha value is -1.64. The minimum atomic E-state index is 0.238. The lowest BCUT2D eigenvalue weighted by Crippen LogP contribution is -2.26. The lowest BCUT2D eigenvalue weighted by molar-refractivity contribution is 0.272. The Balaban J connectivity index is 1.68. The Morgan fingerprint density at radius 3 is 2.77 bits per heavy atom. The lowest BCUT2D eigenvalue weighted by Gasteiger charge is -2.21. The van der Waals surface area contributed by atoms with Crippen LogP contribution in [0.2, 0.25) is 0 Å². The van der Waals surface area contributed by atoms with Gasteiger partial charge in [0.1, 0.15) is 0 Å².